The number of anilines is 1. The second kappa shape index (κ2) is 7.20. The number of hydrogen-bond acceptors (Lipinski definition) is 5. The van der Waals surface area contributed by atoms with Crippen LogP contribution in [0.15, 0.2) is 33.2 Å². The van der Waals surface area contributed by atoms with Crippen molar-refractivity contribution in [2.45, 2.75) is 33.4 Å². The molecular formula is C17H17FN4O3S. The molecule has 1 N–H and O–H groups in total. The van der Waals surface area contributed by atoms with Crippen molar-refractivity contribution in [1.29, 1.82) is 0 Å². The maximum atomic E-state index is 13.6. The molecule has 136 valence electrons. The van der Waals surface area contributed by atoms with E-state index >= 15 is 0 Å². The van der Waals surface area contributed by atoms with Gasteiger partial charge in [0, 0.05) is 17.6 Å². The highest BCUT2D eigenvalue weighted by Gasteiger charge is 2.17. The lowest BCUT2D eigenvalue weighted by molar-refractivity contribution is -0.116. The Bertz CT molecular complexity index is 1100. The Morgan fingerprint density at radius 2 is 2.08 bits per heavy atom. The molecule has 7 nitrogen and oxygen atoms in total. The number of rotatable bonds is 5. The third kappa shape index (κ3) is 3.30. The number of benzene rings is 1. The van der Waals surface area contributed by atoms with Gasteiger partial charge >= 0.3 is 5.69 Å². The van der Waals surface area contributed by atoms with Gasteiger partial charge in [0.15, 0.2) is 5.52 Å². The molecule has 26 heavy (non-hydrogen) atoms. The Balaban J connectivity index is 1.96. The van der Waals surface area contributed by atoms with E-state index < -0.39 is 23.0 Å². The summed E-state index contributed by atoms with van der Waals surface area (Å²) >= 11 is 1.05. The molecule has 2 heterocycles. The van der Waals surface area contributed by atoms with Crippen LogP contribution in [0.25, 0.3) is 11.0 Å². The average Bonchev–Trinajstić information content (AvgIpc) is 3.08. The van der Waals surface area contributed by atoms with E-state index in [0.29, 0.717) is 23.2 Å². The summed E-state index contributed by atoms with van der Waals surface area (Å²) in [5.41, 5.74) is 0.240. The number of aromatic nitrogens is 3. The molecule has 1 amide bonds. The van der Waals surface area contributed by atoms with Crippen molar-refractivity contribution in [3.05, 3.63) is 55.8 Å². The largest absolute Gasteiger partial charge is 0.332 e. The van der Waals surface area contributed by atoms with E-state index in [4.69, 9.17) is 0 Å². The highest BCUT2D eigenvalue weighted by molar-refractivity contribution is 7.04. The molecule has 1 aromatic carbocycles. The molecule has 0 unspecified atom stereocenters. The molecule has 9 heteroatoms. The summed E-state index contributed by atoms with van der Waals surface area (Å²) in [6.07, 6.45) is 0.597. The molecule has 0 saturated heterocycles. The summed E-state index contributed by atoms with van der Waals surface area (Å²) < 4.78 is 20.0. The van der Waals surface area contributed by atoms with Crippen molar-refractivity contribution in [1.82, 2.24) is 13.5 Å². The van der Waals surface area contributed by atoms with Gasteiger partial charge in [-0.05, 0) is 42.6 Å². The molecule has 0 radical (unpaired) electrons. The Morgan fingerprint density at radius 3 is 2.77 bits per heavy atom. The fourth-order valence-corrected chi connectivity index (χ4v) is 3.29. The smallest absolute Gasteiger partial charge is 0.324 e. The van der Waals surface area contributed by atoms with E-state index in [9.17, 15) is 18.8 Å². The van der Waals surface area contributed by atoms with E-state index in [1.807, 2.05) is 6.92 Å². The fourth-order valence-electron chi connectivity index (χ4n) is 2.62. The molecule has 0 aliphatic carbocycles. The quantitative estimate of drug-likeness (QED) is 0.739. The van der Waals surface area contributed by atoms with Crippen LogP contribution in [0.2, 0.25) is 0 Å². The number of fused-ring (bicyclic) bond motifs is 1. The van der Waals surface area contributed by atoms with Crippen molar-refractivity contribution in [2.24, 2.45) is 0 Å². The van der Waals surface area contributed by atoms with Crippen molar-refractivity contribution in [3.63, 3.8) is 0 Å². The van der Waals surface area contributed by atoms with E-state index in [1.165, 1.54) is 10.6 Å². The van der Waals surface area contributed by atoms with Crippen LogP contribution in [0, 0.1) is 12.7 Å². The number of aryl methyl sites for hydroxylation is 1. The van der Waals surface area contributed by atoms with Gasteiger partial charge in [-0.15, -0.1) is 0 Å². The lowest BCUT2D eigenvalue weighted by Gasteiger charge is -2.11. The SMILES string of the molecule is CCCn1c(=O)c2nscc2n(CC(=O)Nc2ccc(C)c(F)c2)c1=O. The zero-order valence-corrected chi connectivity index (χ0v) is 15.1. The Labute approximate surface area is 151 Å². The number of hydrogen-bond donors (Lipinski definition) is 1. The normalized spacial score (nSPS) is 11.0. The van der Waals surface area contributed by atoms with Gasteiger partial charge in [-0.25, -0.2) is 9.18 Å². The van der Waals surface area contributed by atoms with Crippen molar-refractivity contribution >= 4 is 34.2 Å². The maximum absolute atomic E-state index is 13.6. The molecular weight excluding hydrogens is 359 g/mol. The predicted octanol–water partition coefficient (Wildman–Crippen LogP) is 2.12. The minimum absolute atomic E-state index is 0.164. The van der Waals surface area contributed by atoms with Crippen LogP contribution >= 0.6 is 11.5 Å². The molecule has 0 bridgehead atoms. The van der Waals surface area contributed by atoms with Crippen molar-refractivity contribution in [2.75, 3.05) is 5.32 Å². The van der Waals surface area contributed by atoms with Crippen molar-refractivity contribution in [3.8, 4) is 0 Å². The van der Waals surface area contributed by atoms with Gasteiger partial charge in [-0.3, -0.25) is 18.7 Å². The van der Waals surface area contributed by atoms with Crippen LogP contribution in [-0.4, -0.2) is 19.4 Å². The first-order valence-corrected chi connectivity index (χ1v) is 8.89. The first-order chi connectivity index (χ1) is 12.4. The van der Waals surface area contributed by atoms with E-state index in [1.54, 1.807) is 24.4 Å². The first kappa shape index (κ1) is 18.0. The van der Waals surface area contributed by atoms with Crippen LogP contribution in [0.3, 0.4) is 0 Å². The van der Waals surface area contributed by atoms with Crippen LogP contribution in [0.4, 0.5) is 10.1 Å². The summed E-state index contributed by atoms with van der Waals surface area (Å²) in [5, 5.41) is 4.13. The summed E-state index contributed by atoms with van der Waals surface area (Å²) in [7, 11) is 0. The third-order valence-electron chi connectivity index (χ3n) is 3.96. The first-order valence-electron chi connectivity index (χ1n) is 8.06. The summed E-state index contributed by atoms with van der Waals surface area (Å²) in [4.78, 5) is 37.3. The second-order valence-corrected chi connectivity index (χ2v) is 6.52. The van der Waals surface area contributed by atoms with Gasteiger partial charge < -0.3 is 5.32 Å². The number of carbonyl (C=O) groups excluding carboxylic acids is 1. The Kier molecular flexibility index (Phi) is 4.99. The zero-order chi connectivity index (χ0) is 18.8. The summed E-state index contributed by atoms with van der Waals surface area (Å²) in [5.74, 6) is -0.926. The minimum atomic E-state index is -0.560. The van der Waals surface area contributed by atoms with Gasteiger partial charge in [0.25, 0.3) is 5.56 Å². The van der Waals surface area contributed by atoms with Gasteiger partial charge in [-0.2, -0.15) is 4.37 Å². The molecule has 3 rings (SSSR count). The number of carbonyl (C=O) groups is 1. The molecule has 0 saturated carbocycles. The maximum Gasteiger partial charge on any atom is 0.332 e. The zero-order valence-electron chi connectivity index (χ0n) is 14.3. The molecule has 2 aromatic heterocycles. The third-order valence-corrected chi connectivity index (χ3v) is 4.57. The predicted molar refractivity (Wildman–Crippen MR) is 98.2 cm³/mol. The highest BCUT2D eigenvalue weighted by atomic mass is 32.1. The van der Waals surface area contributed by atoms with Gasteiger partial charge in [0.2, 0.25) is 5.91 Å². The number of amides is 1. The topological polar surface area (TPSA) is 86.0 Å². The fraction of sp³-hybridized carbons (Fsp3) is 0.294. The van der Waals surface area contributed by atoms with Crippen LogP contribution in [0.5, 0.6) is 0 Å². The second-order valence-electron chi connectivity index (χ2n) is 5.89. The molecule has 0 spiro atoms. The molecule has 0 aliphatic heterocycles. The van der Waals surface area contributed by atoms with Gasteiger partial charge in [0.05, 0.1) is 5.52 Å². The molecule has 0 atom stereocenters. The number of halogens is 1. The summed E-state index contributed by atoms with van der Waals surface area (Å²) in [6, 6.07) is 4.36. The number of nitrogens with zero attached hydrogens (tertiary/aromatic N) is 3. The van der Waals surface area contributed by atoms with Crippen molar-refractivity contribution < 1.29 is 9.18 Å². The van der Waals surface area contributed by atoms with Gasteiger partial charge in [0.1, 0.15) is 12.4 Å². The van der Waals surface area contributed by atoms with E-state index in [-0.39, 0.29) is 18.6 Å². The van der Waals surface area contributed by atoms with Gasteiger partial charge in [-0.1, -0.05) is 13.0 Å². The minimum Gasteiger partial charge on any atom is -0.324 e. The lowest BCUT2D eigenvalue weighted by Crippen LogP contribution is -2.41. The molecule has 3 aromatic rings. The Morgan fingerprint density at radius 1 is 1.31 bits per heavy atom. The monoisotopic (exact) mass is 376 g/mol. The molecule has 0 aliphatic rings. The standard InChI is InChI=1S/C17H17FN4O3S/c1-3-6-21-16(24)15-13(9-26-20-15)22(17(21)25)8-14(23)19-11-5-4-10(2)12(18)7-11/h4-5,7,9H,3,6,8H2,1-2H3,(H,19,23). The highest BCUT2D eigenvalue weighted by Crippen LogP contribution is 2.14. The van der Waals surface area contributed by atoms with E-state index in [2.05, 4.69) is 9.69 Å². The average molecular weight is 376 g/mol. The summed E-state index contributed by atoms with van der Waals surface area (Å²) in [6.45, 7) is 3.42. The van der Waals surface area contributed by atoms with E-state index in [0.717, 1.165) is 16.1 Å². The lowest BCUT2D eigenvalue weighted by atomic mass is 10.2. The van der Waals surface area contributed by atoms with Crippen LogP contribution in [0.1, 0.15) is 18.9 Å². The molecule has 0 fully saturated rings. The van der Waals surface area contributed by atoms with Crippen LogP contribution < -0.4 is 16.6 Å². The van der Waals surface area contributed by atoms with Crippen LogP contribution in [-0.2, 0) is 17.9 Å². The Hall–Kier alpha value is -2.81. The number of nitrogens with one attached hydrogen (secondary N) is 1.